The van der Waals surface area contributed by atoms with Gasteiger partial charge in [-0.3, -0.25) is 0 Å². The Hall–Kier alpha value is -3.14. The van der Waals surface area contributed by atoms with E-state index < -0.39 is 0 Å². The van der Waals surface area contributed by atoms with Crippen LogP contribution in [0.5, 0.6) is 5.75 Å². The quantitative estimate of drug-likeness (QED) is 0.858. The van der Waals surface area contributed by atoms with Crippen molar-refractivity contribution in [2.75, 3.05) is 24.7 Å². The molecule has 0 fully saturated rings. The van der Waals surface area contributed by atoms with Crippen LogP contribution in [-0.2, 0) is 6.42 Å². The van der Waals surface area contributed by atoms with Crippen LogP contribution in [0.4, 0.5) is 11.9 Å². The summed E-state index contributed by atoms with van der Waals surface area (Å²) in [5, 5.41) is 9.54. The van der Waals surface area contributed by atoms with Gasteiger partial charge in [-0.1, -0.05) is 6.07 Å². The van der Waals surface area contributed by atoms with Crippen molar-refractivity contribution in [3.63, 3.8) is 0 Å². The highest BCUT2D eigenvalue weighted by atomic mass is 16.5. The average Bonchev–Trinajstić information content (AvgIpc) is 2.84. The maximum Gasteiger partial charge on any atom is 0.230 e. The minimum atomic E-state index is -0.202. The van der Waals surface area contributed by atoms with Crippen molar-refractivity contribution in [2.45, 2.75) is 25.9 Å². The van der Waals surface area contributed by atoms with Gasteiger partial charge in [0.05, 0.1) is 5.57 Å². The van der Waals surface area contributed by atoms with Crippen LogP contribution in [0.3, 0.4) is 0 Å². The zero-order valence-electron chi connectivity index (χ0n) is 14.7. The fourth-order valence-corrected chi connectivity index (χ4v) is 2.73. The predicted octanol–water partition coefficient (Wildman–Crippen LogP) is 2.30. The van der Waals surface area contributed by atoms with Crippen molar-refractivity contribution in [3.8, 4) is 11.8 Å². The Morgan fingerprint density at radius 2 is 2.08 bits per heavy atom. The van der Waals surface area contributed by atoms with Gasteiger partial charge < -0.3 is 15.4 Å². The van der Waals surface area contributed by atoms with E-state index in [0.29, 0.717) is 11.5 Å². The average molecular weight is 336 g/mol. The van der Waals surface area contributed by atoms with Gasteiger partial charge in [0, 0.05) is 20.5 Å². The third-order valence-corrected chi connectivity index (χ3v) is 3.80. The summed E-state index contributed by atoms with van der Waals surface area (Å²) in [6, 6.07) is 8.01. The molecule has 0 unspecified atom stereocenters. The fraction of sp³-hybridized carbons (Fsp3) is 0.333. The van der Waals surface area contributed by atoms with Crippen molar-refractivity contribution in [1.82, 2.24) is 15.0 Å². The van der Waals surface area contributed by atoms with Crippen molar-refractivity contribution in [1.29, 1.82) is 5.26 Å². The molecule has 7 nitrogen and oxygen atoms in total. The molecule has 1 aliphatic rings. The van der Waals surface area contributed by atoms with Gasteiger partial charge in [-0.2, -0.15) is 20.2 Å². The SMILES string of the molecule is CN(C)c1nc(N)nc(/C(C#N)=C/c2ccc3c(c2)CC(C)(C)O3)n1. The van der Waals surface area contributed by atoms with Crippen LogP contribution in [-0.4, -0.2) is 34.6 Å². The molecule has 128 valence electrons. The van der Waals surface area contributed by atoms with E-state index in [1.165, 1.54) is 0 Å². The number of hydrogen-bond donors (Lipinski definition) is 1. The van der Waals surface area contributed by atoms with Crippen molar-refractivity contribution < 1.29 is 4.74 Å². The molecule has 0 saturated carbocycles. The largest absolute Gasteiger partial charge is 0.487 e. The van der Waals surface area contributed by atoms with Crippen LogP contribution in [0, 0.1) is 11.3 Å². The molecule has 2 N–H and O–H groups in total. The Balaban J connectivity index is 1.99. The van der Waals surface area contributed by atoms with Crippen LogP contribution < -0.4 is 15.4 Å². The standard InChI is InChI=1S/C18H20N6O/c1-18(2)9-12-7-11(5-6-14(12)25-18)8-13(10-19)15-21-16(20)23-17(22-15)24(3)4/h5-8H,9H2,1-4H3,(H2,20,21,22,23)/b13-8+. The molecule has 7 heteroatoms. The first-order valence-electron chi connectivity index (χ1n) is 7.90. The minimum Gasteiger partial charge on any atom is -0.487 e. The number of rotatable bonds is 3. The zero-order chi connectivity index (χ0) is 18.2. The molecule has 0 amide bonds. The van der Waals surface area contributed by atoms with Crippen LogP contribution in [0.1, 0.15) is 30.8 Å². The summed E-state index contributed by atoms with van der Waals surface area (Å²) < 4.78 is 5.88. The summed E-state index contributed by atoms with van der Waals surface area (Å²) in [5.74, 6) is 1.64. The number of allylic oxidation sites excluding steroid dienone is 1. The number of fused-ring (bicyclic) bond motifs is 1. The third-order valence-electron chi connectivity index (χ3n) is 3.80. The van der Waals surface area contributed by atoms with E-state index >= 15 is 0 Å². The first-order valence-corrected chi connectivity index (χ1v) is 7.90. The van der Waals surface area contributed by atoms with Gasteiger partial charge in [-0.25, -0.2) is 0 Å². The number of ether oxygens (including phenoxy) is 1. The van der Waals surface area contributed by atoms with Gasteiger partial charge in [-0.15, -0.1) is 0 Å². The van der Waals surface area contributed by atoms with E-state index in [2.05, 4.69) is 34.9 Å². The molecule has 0 bridgehead atoms. The van der Waals surface area contributed by atoms with E-state index in [1.807, 2.05) is 18.2 Å². The minimum absolute atomic E-state index is 0.0824. The molecule has 0 radical (unpaired) electrons. The van der Waals surface area contributed by atoms with Crippen molar-refractivity contribution >= 4 is 23.5 Å². The maximum absolute atomic E-state index is 9.54. The van der Waals surface area contributed by atoms with Crippen LogP contribution in [0.2, 0.25) is 0 Å². The fourth-order valence-electron chi connectivity index (χ4n) is 2.73. The Bertz CT molecular complexity index is 895. The summed E-state index contributed by atoms with van der Waals surface area (Å²) in [4.78, 5) is 14.2. The highest BCUT2D eigenvalue weighted by molar-refractivity contribution is 5.87. The smallest absolute Gasteiger partial charge is 0.230 e. The molecule has 2 heterocycles. The highest BCUT2D eigenvalue weighted by Crippen LogP contribution is 2.35. The summed E-state index contributed by atoms with van der Waals surface area (Å²) in [5.41, 5.74) is 7.89. The molecule has 1 aliphatic heterocycles. The van der Waals surface area contributed by atoms with E-state index in [1.54, 1.807) is 25.1 Å². The molecule has 3 rings (SSSR count). The summed E-state index contributed by atoms with van der Waals surface area (Å²) in [6.07, 6.45) is 2.58. The van der Waals surface area contributed by atoms with Crippen LogP contribution in [0.25, 0.3) is 11.6 Å². The molecule has 1 aromatic heterocycles. The third kappa shape index (κ3) is 3.53. The molecule has 1 aromatic carbocycles. The summed E-state index contributed by atoms with van der Waals surface area (Å²) in [7, 11) is 3.60. The lowest BCUT2D eigenvalue weighted by molar-refractivity contribution is 0.138. The molecule has 25 heavy (non-hydrogen) atoms. The topological polar surface area (TPSA) is 101 Å². The van der Waals surface area contributed by atoms with Gasteiger partial charge in [0.15, 0.2) is 5.82 Å². The number of hydrogen-bond acceptors (Lipinski definition) is 7. The first kappa shape index (κ1) is 16.7. The lowest BCUT2D eigenvalue weighted by atomic mass is 9.99. The second-order valence-corrected chi connectivity index (χ2v) is 6.79. The van der Waals surface area contributed by atoms with Gasteiger partial charge in [0.25, 0.3) is 0 Å². The molecule has 2 aromatic rings. The number of nitrogen functional groups attached to an aromatic ring is 1. The number of nitrogens with two attached hydrogens (primary N) is 1. The molecular formula is C18H20N6O. The molecule has 0 atom stereocenters. The van der Waals surface area contributed by atoms with Gasteiger partial charge in [0.2, 0.25) is 11.9 Å². The van der Waals surface area contributed by atoms with Crippen molar-refractivity contribution in [3.05, 3.63) is 35.2 Å². The second-order valence-electron chi connectivity index (χ2n) is 6.79. The van der Waals surface area contributed by atoms with Crippen molar-refractivity contribution in [2.24, 2.45) is 0 Å². The lowest BCUT2D eigenvalue weighted by Crippen LogP contribution is -2.24. The number of anilines is 2. The van der Waals surface area contributed by atoms with Crippen LogP contribution in [0.15, 0.2) is 18.2 Å². The monoisotopic (exact) mass is 336 g/mol. The Kier molecular flexibility index (Phi) is 4.05. The predicted molar refractivity (Wildman–Crippen MR) is 96.9 cm³/mol. The van der Waals surface area contributed by atoms with Gasteiger partial charge in [-0.05, 0) is 43.2 Å². The summed E-state index contributed by atoms with van der Waals surface area (Å²) >= 11 is 0. The number of nitriles is 1. The molecule has 0 spiro atoms. The Labute approximate surface area is 146 Å². The molecule has 0 aliphatic carbocycles. The number of nitrogens with zero attached hydrogens (tertiary/aromatic N) is 5. The highest BCUT2D eigenvalue weighted by Gasteiger charge is 2.29. The Morgan fingerprint density at radius 3 is 2.76 bits per heavy atom. The summed E-state index contributed by atoms with van der Waals surface area (Å²) in [6.45, 7) is 4.11. The van der Waals surface area contributed by atoms with E-state index in [0.717, 1.165) is 23.3 Å². The van der Waals surface area contributed by atoms with Crippen LogP contribution >= 0.6 is 0 Å². The molecular weight excluding hydrogens is 316 g/mol. The van der Waals surface area contributed by atoms with E-state index in [-0.39, 0.29) is 17.4 Å². The second kappa shape index (κ2) is 6.06. The van der Waals surface area contributed by atoms with Gasteiger partial charge in [0.1, 0.15) is 17.4 Å². The first-order chi connectivity index (χ1) is 11.8. The zero-order valence-corrected chi connectivity index (χ0v) is 14.7. The van der Waals surface area contributed by atoms with E-state index in [4.69, 9.17) is 10.5 Å². The maximum atomic E-state index is 9.54. The normalized spacial score (nSPS) is 15.2. The number of aromatic nitrogens is 3. The number of benzene rings is 1. The molecule has 0 saturated heterocycles. The van der Waals surface area contributed by atoms with Gasteiger partial charge >= 0.3 is 0 Å². The Morgan fingerprint density at radius 1 is 1.32 bits per heavy atom. The van der Waals surface area contributed by atoms with E-state index in [9.17, 15) is 5.26 Å². The lowest BCUT2D eigenvalue weighted by Gasteiger charge is -2.16.